The van der Waals surface area contributed by atoms with Gasteiger partial charge in [0.05, 0.1) is 32.4 Å². The number of hydrogen-bond donors (Lipinski definition) is 2. The summed E-state index contributed by atoms with van der Waals surface area (Å²) < 4.78 is 22.2. The summed E-state index contributed by atoms with van der Waals surface area (Å²) >= 11 is 0. The molecule has 0 radical (unpaired) electrons. The van der Waals surface area contributed by atoms with Gasteiger partial charge in [-0.3, -0.25) is 9.78 Å². The summed E-state index contributed by atoms with van der Waals surface area (Å²) in [4.78, 5) is 21.8. The Bertz CT molecular complexity index is 1640. The number of anilines is 2. The van der Waals surface area contributed by atoms with Crippen molar-refractivity contribution in [3.8, 4) is 28.7 Å². The minimum atomic E-state index is -0.241. The average molecular weight is 537 g/mol. The van der Waals surface area contributed by atoms with Gasteiger partial charge in [-0.2, -0.15) is 0 Å². The van der Waals surface area contributed by atoms with Gasteiger partial charge >= 0.3 is 0 Å². The molecule has 0 aliphatic carbocycles. The standard InChI is InChI=1S/C31H28N4O5/c1-37-23-7-4-6-20(16-23)19-34-31(36)24-8-5-14-33-30(24)35-21-9-11-22(12-10-21)40-27-13-15-32-26-18-29(39-3)28(38-2)17-25(26)27/h4-18H,19H2,1-3H3,(H,33,35)(H,34,36). The monoisotopic (exact) mass is 536 g/mol. The first kappa shape index (κ1) is 26.3. The van der Waals surface area contributed by atoms with Crippen LogP contribution in [0.1, 0.15) is 15.9 Å². The second-order valence-corrected chi connectivity index (χ2v) is 8.72. The molecule has 0 atom stereocenters. The summed E-state index contributed by atoms with van der Waals surface area (Å²) in [5, 5.41) is 6.97. The highest BCUT2D eigenvalue weighted by molar-refractivity contribution is 5.99. The van der Waals surface area contributed by atoms with Gasteiger partial charge in [0.25, 0.3) is 5.91 Å². The molecule has 2 heterocycles. The summed E-state index contributed by atoms with van der Waals surface area (Å²) in [7, 11) is 4.78. The number of nitrogens with one attached hydrogen (secondary N) is 2. The number of fused-ring (bicyclic) bond motifs is 1. The predicted octanol–water partition coefficient (Wildman–Crippen LogP) is 6.12. The predicted molar refractivity (Wildman–Crippen MR) is 153 cm³/mol. The van der Waals surface area contributed by atoms with Crippen LogP contribution in [0, 0.1) is 0 Å². The first-order valence-electron chi connectivity index (χ1n) is 12.5. The molecule has 1 amide bonds. The molecule has 9 nitrogen and oxygen atoms in total. The van der Waals surface area contributed by atoms with Crippen LogP contribution in [-0.4, -0.2) is 37.2 Å². The molecule has 40 heavy (non-hydrogen) atoms. The molecule has 0 aliphatic rings. The summed E-state index contributed by atoms with van der Waals surface area (Å²) in [6.07, 6.45) is 3.32. The van der Waals surface area contributed by atoms with Crippen LogP contribution in [0.2, 0.25) is 0 Å². The Morgan fingerprint density at radius 3 is 2.33 bits per heavy atom. The molecule has 2 N–H and O–H groups in total. The van der Waals surface area contributed by atoms with Gasteiger partial charge in [-0.15, -0.1) is 0 Å². The molecule has 0 spiro atoms. The molecule has 202 valence electrons. The fourth-order valence-corrected chi connectivity index (χ4v) is 4.15. The lowest BCUT2D eigenvalue weighted by Gasteiger charge is -2.13. The SMILES string of the molecule is COc1cccc(CNC(=O)c2cccnc2Nc2ccc(Oc3ccnc4cc(OC)c(OC)cc34)cc2)c1. The van der Waals surface area contributed by atoms with Crippen molar-refractivity contribution < 1.29 is 23.7 Å². The molecule has 5 rings (SSSR count). The highest BCUT2D eigenvalue weighted by Crippen LogP contribution is 2.37. The van der Waals surface area contributed by atoms with Gasteiger partial charge in [0.1, 0.15) is 23.1 Å². The number of nitrogens with zero attached hydrogens (tertiary/aromatic N) is 2. The van der Waals surface area contributed by atoms with E-state index in [4.69, 9.17) is 18.9 Å². The van der Waals surface area contributed by atoms with E-state index in [1.165, 1.54) is 0 Å². The van der Waals surface area contributed by atoms with Gasteiger partial charge in [-0.1, -0.05) is 12.1 Å². The Balaban J connectivity index is 1.29. The highest BCUT2D eigenvalue weighted by atomic mass is 16.5. The van der Waals surface area contributed by atoms with Crippen LogP contribution in [0.5, 0.6) is 28.7 Å². The summed E-state index contributed by atoms with van der Waals surface area (Å²) in [5.41, 5.74) is 2.83. The van der Waals surface area contributed by atoms with E-state index in [9.17, 15) is 4.79 Å². The van der Waals surface area contributed by atoms with E-state index in [0.717, 1.165) is 27.9 Å². The van der Waals surface area contributed by atoms with Crippen LogP contribution in [-0.2, 0) is 6.54 Å². The van der Waals surface area contributed by atoms with Gasteiger partial charge in [0, 0.05) is 36.1 Å². The van der Waals surface area contributed by atoms with Crippen molar-refractivity contribution in [2.75, 3.05) is 26.6 Å². The summed E-state index contributed by atoms with van der Waals surface area (Å²) in [6.45, 7) is 0.360. The number of benzene rings is 3. The molecule has 0 bridgehead atoms. The maximum Gasteiger partial charge on any atom is 0.255 e. The van der Waals surface area contributed by atoms with E-state index < -0.39 is 0 Å². The zero-order valence-electron chi connectivity index (χ0n) is 22.3. The van der Waals surface area contributed by atoms with E-state index in [0.29, 0.717) is 40.9 Å². The maximum atomic E-state index is 13.0. The van der Waals surface area contributed by atoms with E-state index in [-0.39, 0.29) is 5.91 Å². The third-order valence-electron chi connectivity index (χ3n) is 6.19. The van der Waals surface area contributed by atoms with E-state index in [2.05, 4.69) is 20.6 Å². The number of amides is 1. The second kappa shape index (κ2) is 12.0. The average Bonchev–Trinajstić information content (AvgIpc) is 3.00. The molecule has 9 heteroatoms. The van der Waals surface area contributed by atoms with Crippen LogP contribution < -0.4 is 29.6 Å². The number of rotatable bonds is 10. The van der Waals surface area contributed by atoms with Crippen molar-refractivity contribution in [1.82, 2.24) is 15.3 Å². The van der Waals surface area contributed by atoms with Gasteiger partial charge in [-0.25, -0.2) is 4.98 Å². The van der Waals surface area contributed by atoms with Crippen LogP contribution in [0.4, 0.5) is 11.5 Å². The number of carbonyl (C=O) groups is 1. The molecular weight excluding hydrogens is 508 g/mol. The van der Waals surface area contributed by atoms with Crippen molar-refractivity contribution in [1.29, 1.82) is 0 Å². The molecule has 0 unspecified atom stereocenters. The van der Waals surface area contributed by atoms with Gasteiger partial charge in [0.15, 0.2) is 11.5 Å². The topological polar surface area (TPSA) is 104 Å². The Kier molecular flexibility index (Phi) is 7.92. The molecule has 2 aromatic heterocycles. The quantitative estimate of drug-likeness (QED) is 0.220. The largest absolute Gasteiger partial charge is 0.497 e. The first-order chi connectivity index (χ1) is 19.6. The Labute approximate surface area is 231 Å². The number of carbonyl (C=O) groups excluding carboxylic acids is 1. The molecule has 3 aromatic carbocycles. The molecule has 0 saturated carbocycles. The van der Waals surface area contributed by atoms with E-state index in [1.807, 2.05) is 60.7 Å². The minimum absolute atomic E-state index is 0.241. The van der Waals surface area contributed by atoms with Crippen molar-refractivity contribution in [2.45, 2.75) is 6.54 Å². The van der Waals surface area contributed by atoms with Gasteiger partial charge in [-0.05, 0) is 66.2 Å². The Morgan fingerprint density at radius 2 is 1.55 bits per heavy atom. The summed E-state index contributed by atoms with van der Waals surface area (Å²) in [6, 6.07) is 23.8. The zero-order chi connectivity index (χ0) is 27.9. The molecule has 5 aromatic rings. The van der Waals surface area contributed by atoms with Crippen LogP contribution in [0.15, 0.2) is 91.3 Å². The van der Waals surface area contributed by atoms with Gasteiger partial charge < -0.3 is 29.6 Å². The Morgan fingerprint density at radius 1 is 0.750 bits per heavy atom. The number of pyridine rings is 2. The minimum Gasteiger partial charge on any atom is -0.497 e. The van der Waals surface area contributed by atoms with E-state index in [1.54, 1.807) is 51.9 Å². The normalized spacial score (nSPS) is 10.6. The maximum absolute atomic E-state index is 13.0. The second-order valence-electron chi connectivity index (χ2n) is 8.72. The Hall–Kier alpha value is -5.31. The number of methoxy groups -OCH3 is 3. The zero-order valence-corrected chi connectivity index (χ0v) is 22.3. The molecular formula is C31H28N4O5. The third-order valence-corrected chi connectivity index (χ3v) is 6.19. The lowest BCUT2D eigenvalue weighted by atomic mass is 10.1. The highest BCUT2D eigenvalue weighted by Gasteiger charge is 2.14. The first-order valence-corrected chi connectivity index (χ1v) is 12.5. The molecule has 0 saturated heterocycles. The smallest absolute Gasteiger partial charge is 0.255 e. The van der Waals surface area contributed by atoms with Crippen molar-refractivity contribution in [3.05, 3.63) is 102 Å². The van der Waals surface area contributed by atoms with E-state index >= 15 is 0 Å². The molecule has 0 fully saturated rings. The third kappa shape index (κ3) is 5.88. The lowest BCUT2D eigenvalue weighted by Crippen LogP contribution is -2.24. The fourth-order valence-electron chi connectivity index (χ4n) is 4.15. The van der Waals surface area contributed by atoms with Crippen LogP contribution >= 0.6 is 0 Å². The lowest BCUT2D eigenvalue weighted by molar-refractivity contribution is 0.0951. The fraction of sp³-hybridized carbons (Fsp3) is 0.129. The number of ether oxygens (including phenoxy) is 4. The van der Waals surface area contributed by atoms with Gasteiger partial charge in [0.2, 0.25) is 0 Å². The summed E-state index contributed by atoms with van der Waals surface area (Å²) in [5.74, 6) is 3.39. The van der Waals surface area contributed by atoms with Crippen LogP contribution in [0.3, 0.4) is 0 Å². The molecule has 0 aliphatic heterocycles. The van der Waals surface area contributed by atoms with Crippen molar-refractivity contribution >= 4 is 28.3 Å². The van der Waals surface area contributed by atoms with Crippen molar-refractivity contribution in [2.24, 2.45) is 0 Å². The van der Waals surface area contributed by atoms with Crippen molar-refractivity contribution in [3.63, 3.8) is 0 Å². The van der Waals surface area contributed by atoms with Crippen LogP contribution in [0.25, 0.3) is 10.9 Å². The number of aromatic nitrogens is 2. The number of hydrogen-bond acceptors (Lipinski definition) is 8.